The van der Waals surface area contributed by atoms with E-state index in [2.05, 4.69) is 11.9 Å². The lowest BCUT2D eigenvalue weighted by Crippen LogP contribution is -2.46. The Hall–Kier alpha value is -2.96. The first-order valence-corrected chi connectivity index (χ1v) is 8.37. The first kappa shape index (κ1) is 18.8. The van der Waals surface area contributed by atoms with E-state index in [1.165, 1.54) is 18.2 Å². The Bertz CT molecular complexity index is 847. The van der Waals surface area contributed by atoms with Gasteiger partial charge in [-0.05, 0) is 42.5 Å². The van der Waals surface area contributed by atoms with Gasteiger partial charge < -0.3 is 15.0 Å². The summed E-state index contributed by atoms with van der Waals surface area (Å²) in [4.78, 5) is 13.6. The van der Waals surface area contributed by atoms with Crippen molar-refractivity contribution in [1.29, 1.82) is 0 Å². The number of methoxy groups -OCH3 is 1. The second-order valence-electron chi connectivity index (χ2n) is 6.23. The SMILES string of the molecule is C=CC(=O)NC1Cc2c(OC)cccc2N(c2ccc(C(F)(F)F)cc2)C1. The van der Waals surface area contributed by atoms with E-state index in [1.54, 1.807) is 7.11 Å². The number of hydrogen-bond donors (Lipinski definition) is 1. The monoisotopic (exact) mass is 376 g/mol. The third-order valence-electron chi connectivity index (χ3n) is 4.51. The van der Waals surface area contributed by atoms with Gasteiger partial charge in [0.1, 0.15) is 5.75 Å². The van der Waals surface area contributed by atoms with Gasteiger partial charge >= 0.3 is 6.18 Å². The van der Waals surface area contributed by atoms with Crippen LogP contribution in [0.15, 0.2) is 55.1 Å². The number of anilines is 2. The summed E-state index contributed by atoms with van der Waals surface area (Å²) in [5.74, 6) is 0.368. The van der Waals surface area contributed by atoms with E-state index in [0.29, 0.717) is 24.4 Å². The lowest BCUT2D eigenvalue weighted by atomic mass is 9.96. The molecule has 2 aromatic rings. The van der Waals surface area contributed by atoms with Crippen molar-refractivity contribution in [3.8, 4) is 5.75 Å². The highest BCUT2D eigenvalue weighted by Crippen LogP contribution is 2.39. The third kappa shape index (κ3) is 3.92. The predicted octanol–water partition coefficient (Wildman–Crippen LogP) is 4.08. The van der Waals surface area contributed by atoms with Crippen molar-refractivity contribution >= 4 is 17.3 Å². The maximum Gasteiger partial charge on any atom is 0.416 e. The van der Waals surface area contributed by atoms with E-state index in [9.17, 15) is 18.0 Å². The third-order valence-corrected chi connectivity index (χ3v) is 4.51. The molecular weight excluding hydrogens is 357 g/mol. The fraction of sp³-hybridized carbons (Fsp3) is 0.250. The van der Waals surface area contributed by atoms with Crippen molar-refractivity contribution in [3.63, 3.8) is 0 Å². The molecule has 3 rings (SSSR count). The number of nitrogens with zero attached hydrogens (tertiary/aromatic N) is 1. The molecule has 7 heteroatoms. The van der Waals surface area contributed by atoms with Crippen molar-refractivity contribution < 1.29 is 22.7 Å². The highest BCUT2D eigenvalue weighted by molar-refractivity contribution is 5.87. The summed E-state index contributed by atoms with van der Waals surface area (Å²) in [6.45, 7) is 3.88. The number of fused-ring (bicyclic) bond motifs is 1. The first-order chi connectivity index (χ1) is 12.8. The van der Waals surface area contributed by atoms with Crippen LogP contribution in [0.25, 0.3) is 0 Å². The molecule has 0 radical (unpaired) electrons. The molecule has 0 spiro atoms. The average Bonchev–Trinajstić information content (AvgIpc) is 2.66. The van der Waals surface area contributed by atoms with Crippen LogP contribution in [0.1, 0.15) is 11.1 Å². The zero-order valence-corrected chi connectivity index (χ0v) is 14.7. The smallest absolute Gasteiger partial charge is 0.416 e. The number of carbonyl (C=O) groups is 1. The van der Waals surface area contributed by atoms with Crippen molar-refractivity contribution in [3.05, 3.63) is 66.2 Å². The van der Waals surface area contributed by atoms with E-state index in [0.717, 1.165) is 23.4 Å². The fourth-order valence-electron chi connectivity index (χ4n) is 3.26. The highest BCUT2D eigenvalue weighted by Gasteiger charge is 2.32. The van der Waals surface area contributed by atoms with E-state index < -0.39 is 11.7 Å². The van der Waals surface area contributed by atoms with Crippen LogP contribution in [-0.2, 0) is 17.4 Å². The van der Waals surface area contributed by atoms with Crippen molar-refractivity contribution in [1.82, 2.24) is 5.32 Å². The van der Waals surface area contributed by atoms with Crippen LogP contribution >= 0.6 is 0 Å². The molecule has 0 saturated carbocycles. The molecule has 0 aliphatic carbocycles. The standard InChI is InChI=1S/C20H19F3N2O2/c1-3-19(26)24-14-11-16-17(5-4-6-18(16)27-2)25(12-14)15-9-7-13(8-10-15)20(21,22)23/h3-10,14H,1,11-12H2,2H3,(H,24,26). The van der Waals surface area contributed by atoms with E-state index >= 15 is 0 Å². The predicted molar refractivity (Wildman–Crippen MR) is 97.3 cm³/mol. The molecule has 0 bridgehead atoms. The maximum atomic E-state index is 12.9. The second-order valence-corrected chi connectivity index (χ2v) is 6.23. The zero-order chi connectivity index (χ0) is 19.6. The van der Waals surface area contributed by atoms with Gasteiger partial charge in [0.05, 0.1) is 18.7 Å². The number of benzene rings is 2. The van der Waals surface area contributed by atoms with Crippen LogP contribution in [0.3, 0.4) is 0 Å². The molecule has 4 nitrogen and oxygen atoms in total. The number of ether oxygens (including phenoxy) is 1. The van der Waals surface area contributed by atoms with Crippen LogP contribution in [0.2, 0.25) is 0 Å². The maximum absolute atomic E-state index is 12.9. The van der Waals surface area contributed by atoms with Crippen LogP contribution in [0.5, 0.6) is 5.75 Å². The van der Waals surface area contributed by atoms with Gasteiger partial charge in [0.2, 0.25) is 5.91 Å². The topological polar surface area (TPSA) is 41.6 Å². The molecule has 1 amide bonds. The molecule has 142 valence electrons. The lowest BCUT2D eigenvalue weighted by Gasteiger charge is -2.37. The first-order valence-electron chi connectivity index (χ1n) is 8.37. The van der Waals surface area contributed by atoms with Crippen LogP contribution in [-0.4, -0.2) is 25.6 Å². The summed E-state index contributed by atoms with van der Waals surface area (Å²) in [5.41, 5.74) is 1.64. The quantitative estimate of drug-likeness (QED) is 0.818. The van der Waals surface area contributed by atoms with Gasteiger partial charge in [-0.25, -0.2) is 0 Å². The largest absolute Gasteiger partial charge is 0.496 e. The summed E-state index contributed by atoms with van der Waals surface area (Å²) in [5, 5.41) is 2.86. The van der Waals surface area contributed by atoms with Crippen molar-refractivity contribution in [2.45, 2.75) is 18.6 Å². The van der Waals surface area contributed by atoms with Crippen molar-refractivity contribution in [2.75, 3.05) is 18.6 Å². The number of amides is 1. The number of nitrogens with one attached hydrogen (secondary N) is 1. The Balaban J connectivity index is 2.00. The molecule has 1 heterocycles. The zero-order valence-electron chi connectivity index (χ0n) is 14.7. The number of hydrogen-bond acceptors (Lipinski definition) is 3. The van der Waals surface area contributed by atoms with Gasteiger partial charge in [-0.3, -0.25) is 4.79 Å². The van der Waals surface area contributed by atoms with Crippen molar-refractivity contribution in [2.24, 2.45) is 0 Å². The van der Waals surface area contributed by atoms with Gasteiger partial charge in [-0.15, -0.1) is 0 Å². The normalized spacial score (nSPS) is 16.4. The Labute approximate surface area is 155 Å². The number of carbonyl (C=O) groups excluding carboxylic acids is 1. The van der Waals surface area contributed by atoms with Gasteiger partial charge in [-0.1, -0.05) is 12.6 Å². The molecule has 27 heavy (non-hydrogen) atoms. The molecule has 2 aromatic carbocycles. The summed E-state index contributed by atoms with van der Waals surface area (Å²) >= 11 is 0. The summed E-state index contributed by atoms with van der Waals surface area (Å²) in [6, 6.07) is 10.3. The molecule has 1 aliphatic rings. The fourth-order valence-corrected chi connectivity index (χ4v) is 3.26. The van der Waals surface area contributed by atoms with Crippen LogP contribution < -0.4 is 15.0 Å². The highest BCUT2D eigenvalue weighted by atomic mass is 19.4. The second kappa shape index (κ2) is 7.34. The Morgan fingerprint density at radius 3 is 2.56 bits per heavy atom. The van der Waals surface area contributed by atoms with Crippen LogP contribution in [0.4, 0.5) is 24.5 Å². The Kier molecular flexibility index (Phi) is 5.12. The number of alkyl halides is 3. The average molecular weight is 376 g/mol. The molecule has 1 atom stereocenters. The van der Waals surface area contributed by atoms with Crippen LogP contribution in [0, 0.1) is 0 Å². The van der Waals surface area contributed by atoms with E-state index in [-0.39, 0.29) is 11.9 Å². The Morgan fingerprint density at radius 1 is 1.26 bits per heavy atom. The molecule has 1 aliphatic heterocycles. The summed E-state index contributed by atoms with van der Waals surface area (Å²) < 4.78 is 44.0. The van der Waals surface area contributed by atoms with Gasteiger partial charge in [0, 0.05) is 29.9 Å². The minimum atomic E-state index is -4.39. The number of rotatable bonds is 4. The van der Waals surface area contributed by atoms with Gasteiger partial charge in [0.25, 0.3) is 0 Å². The lowest BCUT2D eigenvalue weighted by molar-refractivity contribution is -0.137. The van der Waals surface area contributed by atoms with E-state index in [1.807, 2.05) is 23.1 Å². The minimum Gasteiger partial charge on any atom is -0.496 e. The molecular formula is C20H19F3N2O2. The van der Waals surface area contributed by atoms with E-state index in [4.69, 9.17) is 4.74 Å². The van der Waals surface area contributed by atoms with Gasteiger partial charge in [-0.2, -0.15) is 13.2 Å². The molecule has 1 N–H and O–H groups in total. The Morgan fingerprint density at radius 2 is 1.96 bits per heavy atom. The molecule has 0 fully saturated rings. The molecule has 0 saturated heterocycles. The summed E-state index contributed by atoms with van der Waals surface area (Å²) in [7, 11) is 1.56. The molecule has 1 unspecified atom stereocenters. The minimum absolute atomic E-state index is 0.235. The number of halogens is 3. The molecule has 0 aromatic heterocycles. The summed E-state index contributed by atoms with van der Waals surface area (Å²) in [6.07, 6.45) is -2.64. The van der Waals surface area contributed by atoms with Gasteiger partial charge in [0.15, 0.2) is 0 Å².